The van der Waals surface area contributed by atoms with Crippen molar-refractivity contribution in [1.82, 2.24) is 4.98 Å². The van der Waals surface area contributed by atoms with Crippen LogP contribution in [0.1, 0.15) is 46.1 Å². The Morgan fingerprint density at radius 1 is 1.06 bits per heavy atom. The Hall–Kier alpha value is -4.32. The number of esters is 1. The number of benzene rings is 3. The maximum Gasteiger partial charge on any atom is 0.339 e. The van der Waals surface area contributed by atoms with Crippen LogP contribution in [0.3, 0.4) is 0 Å². The fourth-order valence-electron chi connectivity index (χ4n) is 4.70. The number of hydrogen-bond donors (Lipinski definition) is 0. The zero-order chi connectivity index (χ0) is 24.4. The van der Waals surface area contributed by atoms with Crippen molar-refractivity contribution in [2.75, 3.05) is 0 Å². The van der Waals surface area contributed by atoms with E-state index in [4.69, 9.17) is 9.72 Å². The highest BCUT2D eigenvalue weighted by Crippen LogP contribution is 2.38. The second-order valence-corrected chi connectivity index (χ2v) is 8.93. The lowest BCUT2D eigenvalue weighted by Crippen LogP contribution is -2.19. The number of carbonyl (C=O) groups excluding carboxylic acids is 1. The van der Waals surface area contributed by atoms with Crippen LogP contribution in [0.15, 0.2) is 78.9 Å². The van der Waals surface area contributed by atoms with Crippen LogP contribution in [-0.2, 0) is 17.8 Å². The highest BCUT2D eigenvalue weighted by atomic mass is 16.6. The standard InChI is InChI=1S/C29H24N2O4/c1-19-14-22(16-20-8-3-2-4-9-20)28-25(15-19)27(24-12-5-6-13-26(24)30-28)29(32)35-18-21-10-7-11-23(17-21)31(33)34/h2-13,16-17,19H,14-15,18H2,1H3. The van der Waals surface area contributed by atoms with E-state index in [2.05, 4.69) is 25.1 Å². The molecule has 0 saturated carbocycles. The van der Waals surface area contributed by atoms with Crippen LogP contribution in [0.2, 0.25) is 0 Å². The molecule has 4 aromatic rings. The van der Waals surface area contributed by atoms with Gasteiger partial charge in [-0.25, -0.2) is 9.78 Å². The van der Waals surface area contributed by atoms with Gasteiger partial charge in [-0.05, 0) is 53.2 Å². The average molecular weight is 465 g/mol. The van der Waals surface area contributed by atoms with Gasteiger partial charge in [-0.3, -0.25) is 10.1 Å². The first kappa shape index (κ1) is 22.5. The monoisotopic (exact) mass is 464 g/mol. The third-order valence-corrected chi connectivity index (χ3v) is 6.25. The molecule has 0 spiro atoms. The van der Waals surface area contributed by atoms with E-state index in [1.165, 1.54) is 12.1 Å². The molecule has 0 aliphatic heterocycles. The number of ether oxygens (including phenoxy) is 1. The van der Waals surface area contributed by atoms with E-state index in [1.807, 2.05) is 42.5 Å². The van der Waals surface area contributed by atoms with Crippen LogP contribution in [0.25, 0.3) is 22.6 Å². The van der Waals surface area contributed by atoms with Gasteiger partial charge in [0.05, 0.1) is 21.7 Å². The molecule has 1 unspecified atom stereocenters. The third-order valence-electron chi connectivity index (χ3n) is 6.25. The van der Waals surface area contributed by atoms with E-state index in [0.29, 0.717) is 17.0 Å². The summed E-state index contributed by atoms with van der Waals surface area (Å²) in [6.07, 6.45) is 3.74. The summed E-state index contributed by atoms with van der Waals surface area (Å²) in [5.74, 6) is -0.108. The van der Waals surface area contributed by atoms with Crippen molar-refractivity contribution in [2.45, 2.75) is 26.4 Å². The molecular formula is C29H24N2O4. The van der Waals surface area contributed by atoms with Gasteiger partial charge < -0.3 is 4.74 Å². The second kappa shape index (κ2) is 9.50. The number of rotatable bonds is 5. The number of hydrogen-bond acceptors (Lipinski definition) is 5. The predicted molar refractivity (Wildman–Crippen MR) is 136 cm³/mol. The Bertz CT molecular complexity index is 1460. The fraction of sp³-hybridized carbons (Fsp3) is 0.172. The van der Waals surface area contributed by atoms with E-state index in [1.54, 1.807) is 12.1 Å². The third kappa shape index (κ3) is 4.68. The molecule has 1 aromatic heterocycles. The van der Waals surface area contributed by atoms with Gasteiger partial charge in [-0.2, -0.15) is 0 Å². The zero-order valence-electron chi connectivity index (χ0n) is 19.3. The topological polar surface area (TPSA) is 82.3 Å². The molecule has 6 nitrogen and oxygen atoms in total. The van der Waals surface area contributed by atoms with Crippen molar-refractivity contribution in [1.29, 1.82) is 0 Å². The van der Waals surface area contributed by atoms with Crippen molar-refractivity contribution in [3.8, 4) is 0 Å². The second-order valence-electron chi connectivity index (χ2n) is 8.93. The van der Waals surface area contributed by atoms with Gasteiger partial charge in [-0.1, -0.05) is 67.6 Å². The number of carbonyl (C=O) groups is 1. The van der Waals surface area contributed by atoms with Crippen molar-refractivity contribution in [2.24, 2.45) is 5.92 Å². The Balaban J connectivity index is 1.57. The normalized spacial score (nSPS) is 16.1. The maximum absolute atomic E-state index is 13.5. The Kier molecular flexibility index (Phi) is 6.10. The highest BCUT2D eigenvalue weighted by Gasteiger charge is 2.29. The molecule has 5 rings (SSSR count). The van der Waals surface area contributed by atoms with Gasteiger partial charge in [0.15, 0.2) is 0 Å². The quantitative estimate of drug-likeness (QED) is 0.188. The molecule has 1 aliphatic rings. The Morgan fingerprint density at radius 2 is 1.83 bits per heavy atom. The Morgan fingerprint density at radius 3 is 2.63 bits per heavy atom. The first-order chi connectivity index (χ1) is 17.0. The molecule has 0 bridgehead atoms. The molecule has 6 heteroatoms. The lowest BCUT2D eigenvalue weighted by atomic mass is 9.80. The number of nitrogens with zero attached hydrogens (tertiary/aromatic N) is 2. The van der Waals surface area contributed by atoms with Crippen LogP contribution >= 0.6 is 0 Å². The lowest BCUT2D eigenvalue weighted by Gasteiger charge is -2.26. The minimum absolute atomic E-state index is 0.0326. The fourth-order valence-corrected chi connectivity index (χ4v) is 4.70. The number of pyridine rings is 1. The molecule has 1 aliphatic carbocycles. The number of nitro benzene ring substituents is 1. The van der Waals surface area contributed by atoms with E-state index in [0.717, 1.165) is 46.1 Å². The van der Waals surface area contributed by atoms with E-state index in [9.17, 15) is 14.9 Å². The molecule has 0 saturated heterocycles. The largest absolute Gasteiger partial charge is 0.457 e. The first-order valence-corrected chi connectivity index (χ1v) is 11.6. The number of nitro groups is 1. The lowest BCUT2D eigenvalue weighted by molar-refractivity contribution is -0.384. The molecule has 35 heavy (non-hydrogen) atoms. The molecule has 1 heterocycles. The summed E-state index contributed by atoms with van der Waals surface area (Å²) in [6.45, 7) is 2.13. The van der Waals surface area contributed by atoms with Crippen molar-refractivity contribution in [3.05, 3.63) is 117 Å². The van der Waals surface area contributed by atoms with E-state index in [-0.39, 0.29) is 12.3 Å². The summed E-state index contributed by atoms with van der Waals surface area (Å²) in [6, 6.07) is 23.9. The van der Waals surface area contributed by atoms with Gasteiger partial charge >= 0.3 is 5.97 Å². The number of para-hydroxylation sites is 1. The number of non-ortho nitro benzene ring substituents is 1. The van der Waals surface area contributed by atoms with Crippen molar-refractivity contribution < 1.29 is 14.5 Å². The predicted octanol–water partition coefficient (Wildman–Crippen LogP) is 6.62. The van der Waals surface area contributed by atoms with Gasteiger partial charge in [0.2, 0.25) is 0 Å². The summed E-state index contributed by atoms with van der Waals surface area (Å²) >= 11 is 0. The first-order valence-electron chi connectivity index (χ1n) is 11.6. The molecule has 1 atom stereocenters. The SMILES string of the molecule is CC1CC(=Cc2ccccc2)c2nc3ccccc3c(C(=O)OCc3cccc([N+](=O)[O-])c3)c2C1. The summed E-state index contributed by atoms with van der Waals surface area (Å²) in [4.78, 5) is 29.1. The zero-order valence-corrected chi connectivity index (χ0v) is 19.3. The van der Waals surface area contributed by atoms with E-state index < -0.39 is 10.9 Å². The summed E-state index contributed by atoms with van der Waals surface area (Å²) in [5, 5.41) is 11.9. The number of fused-ring (bicyclic) bond motifs is 2. The van der Waals surface area contributed by atoms with Gasteiger partial charge in [0, 0.05) is 17.5 Å². The molecular weight excluding hydrogens is 440 g/mol. The van der Waals surface area contributed by atoms with Crippen LogP contribution in [0.4, 0.5) is 5.69 Å². The van der Waals surface area contributed by atoms with Crippen LogP contribution in [-0.4, -0.2) is 15.9 Å². The summed E-state index contributed by atoms with van der Waals surface area (Å²) in [5.41, 5.74) is 5.73. The molecule has 0 fully saturated rings. The molecule has 0 radical (unpaired) electrons. The molecule has 174 valence electrons. The van der Waals surface area contributed by atoms with E-state index >= 15 is 0 Å². The number of aromatic nitrogens is 1. The highest BCUT2D eigenvalue weighted by molar-refractivity contribution is 6.06. The molecule has 0 N–H and O–H groups in total. The van der Waals surface area contributed by atoms with Crippen molar-refractivity contribution >= 4 is 34.2 Å². The van der Waals surface area contributed by atoms with Gasteiger partial charge in [0.25, 0.3) is 5.69 Å². The minimum atomic E-state index is -0.458. The average Bonchev–Trinajstić information content (AvgIpc) is 2.87. The van der Waals surface area contributed by atoms with Crippen LogP contribution < -0.4 is 0 Å². The summed E-state index contributed by atoms with van der Waals surface area (Å²) in [7, 11) is 0. The smallest absolute Gasteiger partial charge is 0.339 e. The van der Waals surface area contributed by atoms with Crippen LogP contribution in [0, 0.1) is 16.0 Å². The van der Waals surface area contributed by atoms with Crippen molar-refractivity contribution in [3.63, 3.8) is 0 Å². The molecule has 0 amide bonds. The minimum Gasteiger partial charge on any atom is -0.457 e. The summed E-state index contributed by atoms with van der Waals surface area (Å²) < 4.78 is 5.70. The molecule has 3 aromatic carbocycles. The van der Waals surface area contributed by atoms with Gasteiger partial charge in [0.1, 0.15) is 6.61 Å². The Labute approximate surface area is 203 Å². The van der Waals surface area contributed by atoms with Crippen LogP contribution in [0.5, 0.6) is 0 Å². The van der Waals surface area contributed by atoms with Gasteiger partial charge in [-0.15, -0.1) is 0 Å². The number of allylic oxidation sites excluding steroid dienone is 1. The maximum atomic E-state index is 13.5.